The molecule has 0 spiro atoms. The highest BCUT2D eigenvalue weighted by Gasteiger charge is 2.59. The molecule has 3 aliphatic rings. The normalized spacial score (nSPS) is 38.9. The quantitative estimate of drug-likeness (QED) is 0.285. The molecule has 3 aliphatic carbocycles. The van der Waals surface area contributed by atoms with E-state index in [1.807, 2.05) is 6.08 Å². The molecule has 0 saturated heterocycles. The van der Waals surface area contributed by atoms with Crippen LogP contribution in [-0.2, 0) is 0 Å². The maximum Gasteiger partial charge on any atom is 0.332 e. The summed E-state index contributed by atoms with van der Waals surface area (Å²) in [5.74, 6) is 4.81. The van der Waals surface area contributed by atoms with Crippen molar-refractivity contribution >= 4 is 11.7 Å². The van der Waals surface area contributed by atoms with E-state index in [0.717, 1.165) is 54.6 Å². The van der Waals surface area contributed by atoms with Crippen LogP contribution in [0.25, 0.3) is 0 Å². The summed E-state index contributed by atoms with van der Waals surface area (Å²) in [7, 11) is 0. The Hall–Kier alpha value is -1.32. The molecule has 3 rings (SSSR count). The molecule has 0 aliphatic heterocycles. The van der Waals surface area contributed by atoms with Gasteiger partial charge in [0.1, 0.15) is 0 Å². The zero-order valence-electron chi connectivity index (χ0n) is 21.5. The van der Waals surface area contributed by atoms with E-state index in [9.17, 15) is 4.79 Å². The second-order valence-corrected chi connectivity index (χ2v) is 12.2. The van der Waals surface area contributed by atoms with Crippen molar-refractivity contribution in [2.24, 2.45) is 57.2 Å². The van der Waals surface area contributed by atoms with Gasteiger partial charge in [-0.1, -0.05) is 60.0 Å². The summed E-state index contributed by atoms with van der Waals surface area (Å²) in [4.78, 5) is 11.3. The Morgan fingerprint density at radius 3 is 2.59 bits per heavy atom. The van der Waals surface area contributed by atoms with Crippen LogP contribution in [0.4, 0.5) is 4.79 Å². The first-order valence-electron chi connectivity index (χ1n) is 13.4. The summed E-state index contributed by atoms with van der Waals surface area (Å²) in [5.41, 5.74) is 9.57. The van der Waals surface area contributed by atoms with Crippen molar-refractivity contribution in [1.82, 2.24) is 5.43 Å². The number of hydrogen-bond donors (Lipinski definition) is 2. The highest BCUT2D eigenvalue weighted by atomic mass is 16.2. The van der Waals surface area contributed by atoms with Crippen LogP contribution >= 0.6 is 0 Å². The molecule has 0 unspecified atom stereocenters. The second-order valence-electron chi connectivity index (χ2n) is 12.2. The number of nitrogens with two attached hydrogens (primary N) is 1. The van der Waals surface area contributed by atoms with Gasteiger partial charge in [-0.2, -0.15) is 5.10 Å². The summed E-state index contributed by atoms with van der Waals surface area (Å²) in [6, 6.07) is -0.563. The first kappa shape index (κ1) is 25.3. The molecule has 0 aromatic carbocycles. The monoisotopic (exact) mass is 443 g/mol. The first-order valence-corrected chi connectivity index (χ1v) is 13.4. The third kappa shape index (κ3) is 4.94. The average molecular weight is 444 g/mol. The number of allylic oxidation sites excluding steroid dienone is 1. The van der Waals surface area contributed by atoms with E-state index < -0.39 is 6.03 Å². The second kappa shape index (κ2) is 10.3. The van der Waals surface area contributed by atoms with Crippen molar-refractivity contribution in [2.75, 3.05) is 0 Å². The molecule has 3 N–H and O–H groups in total. The van der Waals surface area contributed by atoms with E-state index in [0.29, 0.717) is 11.3 Å². The number of primary amides is 1. The van der Waals surface area contributed by atoms with Gasteiger partial charge < -0.3 is 5.73 Å². The minimum absolute atomic E-state index is 0.0296. The fourth-order valence-electron chi connectivity index (χ4n) is 8.35. The molecule has 2 amide bonds. The molecular formula is C28H49N3O. The zero-order chi connectivity index (χ0) is 23.5. The van der Waals surface area contributed by atoms with E-state index in [4.69, 9.17) is 5.73 Å². The highest BCUT2D eigenvalue weighted by molar-refractivity contribution is 5.92. The van der Waals surface area contributed by atoms with Crippen LogP contribution in [0, 0.1) is 46.3 Å². The van der Waals surface area contributed by atoms with Crippen molar-refractivity contribution in [3.63, 3.8) is 0 Å². The van der Waals surface area contributed by atoms with E-state index in [2.05, 4.69) is 51.7 Å². The summed E-state index contributed by atoms with van der Waals surface area (Å²) in [6.45, 7) is 16.3. The number of hydrazone groups is 1. The molecule has 0 radical (unpaired) electrons. The molecule has 4 nitrogen and oxygen atoms in total. The lowest BCUT2D eigenvalue weighted by Gasteiger charge is -2.57. The molecule has 32 heavy (non-hydrogen) atoms. The number of urea groups is 1. The van der Waals surface area contributed by atoms with Crippen LogP contribution < -0.4 is 11.2 Å². The van der Waals surface area contributed by atoms with Crippen LogP contribution in [0.2, 0.25) is 0 Å². The largest absolute Gasteiger partial charge is 0.350 e. The number of hydrogen-bond acceptors (Lipinski definition) is 2. The van der Waals surface area contributed by atoms with Crippen LogP contribution in [0.15, 0.2) is 17.8 Å². The molecule has 0 heterocycles. The molecule has 0 bridgehead atoms. The van der Waals surface area contributed by atoms with E-state index in [1.165, 1.54) is 51.4 Å². The molecule has 3 saturated carbocycles. The fraction of sp³-hybridized carbons (Fsp3) is 0.857. The number of nitrogens with one attached hydrogen (secondary N) is 1. The summed E-state index contributed by atoms with van der Waals surface area (Å²) >= 11 is 0. The zero-order valence-corrected chi connectivity index (χ0v) is 21.5. The predicted octanol–water partition coefficient (Wildman–Crippen LogP) is 7.30. The van der Waals surface area contributed by atoms with Crippen molar-refractivity contribution in [2.45, 2.75) is 105 Å². The van der Waals surface area contributed by atoms with E-state index >= 15 is 0 Å². The Morgan fingerprint density at radius 1 is 1.19 bits per heavy atom. The molecule has 7 atom stereocenters. The van der Waals surface area contributed by atoms with Gasteiger partial charge in [-0.05, 0) is 92.3 Å². The number of rotatable bonds is 9. The Morgan fingerprint density at radius 2 is 1.94 bits per heavy atom. The van der Waals surface area contributed by atoms with Crippen molar-refractivity contribution in [1.29, 1.82) is 0 Å². The number of carbonyl (C=O) groups is 1. The van der Waals surface area contributed by atoms with E-state index in [1.54, 1.807) is 0 Å². The van der Waals surface area contributed by atoms with Crippen molar-refractivity contribution in [3.8, 4) is 0 Å². The molecule has 4 heteroatoms. The maximum atomic E-state index is 11.3. The van der Waals surface area contributed by atoms with Crippen LogP contribution in [-0.4, -0.2) is 11.7 Å². The van der Waals surface area contributed by atoms with Gasteiger partial charge in [0.2, 0.25) is 0 Å². The Labute approximate surface area is 197 Å². The third-order valence-electron chi connectivity index (χ3n) is 10.00. The van der Waals surface area contributed by atoms with Gasteiger partial charge in [0.05, 0.1) is 0 Å². The minimum atomic E-state index is -0.563. The van der Waals surface area contributed by atoms with Crippen molar-refractivity contribution < 1.29 is 4.79 Å². The molecular weight excluding hydrogens is 394 g/mol. The average Bonchev–Trinajstić information content (AvgIpc) is 3.08. The van der Waals surface area contributed by atoms with Crippen LogP contribution in [0.3, 0.4) is 0 Å². The molecule has 0 aromatic rings. The minimum Gasteiger partial charge on any atom is -0.350 e. The van der Waals surface area contributed by atoms with Crippen molar-refractivity contribution in [3.05, 3.63) is 12.7 Å². The summed E-state index contributed by atoms with van der Waals surface area (Å²) in [5, 5.41) is 4.53. The third-order valence-corrected chi connectivity index (χ3v) is 10.00. The number of nitrogens with zero attached hydrogens (tertiary/aromatic N) is 1. The highest BCUT2D eigenvalue weighted by Crippen LogP contribution is 2.66. The Balaban J connectivity index is 1.78. The SMILES string of the molecule is C=CCC[C@]1(C)/C(=N\NC(N)=O)CC[C@H]2[C@H]3CC[C@@H]([C@@H](C)CCCC(C)C)[C@@]3(C)CC[C@@H]21. The van der Waals surface area contributed by atoms with Gasteiger partial charge in [0.15, 0.2) is 0 Å². The maximum absolute atomic E-state index is 11.3. The lowest BCUT2D eigenvalue weighted by atomic mass is 9.47. The van der Waals surface area contributed by atoms with Gasteiger partial charge in [0.25, 0.3) is 0 Å². The smallest absolute Gasteiger partial charge is 0.332 e. The molecule has 182 valence electrons. The molecule has 0 aromatic heterocycles. The van der Waals surface area contributed by atoms with Crippen LogP contribution in [0.1, 0.15) is 105 Å². The standard InChI is InChI=1S/C28H49N3O/c1-7-8-17-28(6)24-16-18-27(5)22(20(4)11-9-10-19(2)3)13-14-23(27)21(24)12-15-25(28)30-31-26(29)32/h7,19-24H,1,8-18H2,2-6H3,(H3,29,31,32)/b30-25-/t20-,21-,22-,23+,24-,27+,28-/m0/s1. The summed E-state index contributed by atoms with van der Waals surface area (Å²) in [6.07, 6.45) is 15.9. The van der Waals surface area contributed by atoms with Gasteiger partial charge in [-0.15, -0.1) is 6.58 Å². The fourth-order valence-corrected chi connectivity index (χ4v) is 8.35. The number of amides is 2. The lowest BCUT2D eigenvalue weighted by molar-refractivity contribution is -0.0439. The number of carbonyl (C=O) groups excluding carboxylic acids is 1. The predicted molar refractivity (Wildman–Crippen MR) is 135 cm³/mol. The van der Waals surface area contributed by atoms with Crippen LogP contribution in [0.5, 0.6) is 0 Å². The number of fused-ring (bicyclic) bond motifs is 3. The van der Waals surface area contributed by atoms with Gasteiger partial charge in [-0.3, -0.25) is 0 Å². The van der Waals surface area contributed by atoms with E-state index in [-0.39, 0.29) is 5.41 Å². The lowest BCUT2D eigenvalue weighted by Crippen LogP contribution is -2.53. The first-order chi connectivity index (χ1) is 15.1. The van der Waals surface area contributed by atoms with Gasteiger partial charge in [-0.25, -0.2) is 10.2 Å². The van der Waals surface area contributed by atoms with Gasteiger partial charge >= 0.3 is 6.03 Å². The Bertz CT molecular complexity index is 701. The Kier molecular flexibility index (Phi) is 8.15. The summed E-state index contributed by atoms with van der Waals surface area (Å²) < 4.78 is 0. The molecule has 3 fully saturated rings. The van der Waals surface area contributed by atoms with Gasteiger partial charge in [0, 0.05) is 11.1 Å². The topological polar surface area (TPSA) is 67.5 Å².